The molecule has 1 aromatic carbocycles. The highest BCUT2D eigenvalue weighted by Crippen LogP contribution is 2.30. The number of amides is 1. The van der Waals surface area contributed by atoms with Gasteiger partial charge in [0.1, 0.15) is 5.82 Å². The molecule has 1 saturated heterocycles. The molecule has 0 saturated carbocycles. The number of carbonyl (C=O) groups is 1. The number of carbonyl (C=O) groups excluding carboxylic acids is 1. The number of aryl methyl sites for hydroxylation is 1. The van der Waals surface area contributed by atoms with Gasteiger partial charge in [-0.15, -0.1) is 0 Å². The van der Waals surface area contributed by atoms with Crippen molar-refractivity contribution in [2.24, 2.45) is 5.92 Å². The summed E-state index contributed by atoms with van der Waals surface area (Å²) in [6.45, 7) is 4.98. The van der Waals surface area contributed by atoms with Gasteiger partial charge in [0.15, 0.2) is 0 Å². The third-order valence-corrected chi connectivity index (χ3v) is 5.98. The molecule has 1 aliphatic rings. The number of hydrogen-bond acceptors (Lipinski definition) is 5. The molecule has 0 aliphatic carbocycles. The van der Waals surface area contributed by atoms with Crippen molar-refractivity contribution in [1.82, 2.24) is 24.9 Å². The van der Waals surface area contributed by atoms with Crippen molar-refractivity contribution in [3.8, 4) is 5.69 Å². The van der Waals surface area contributed by atoms with Crippen LogP contribution < -0.4 is 5.32 Å². The van der Waals surface area contributed by atoms with Gasteiger partial charge in [0.25, 0.3) is 5.91 Å². The first-order chi connectivity index (χ1) is 15.7. The van der Waals surface area contributed by atoms with E-state index in [2.05, 4.69) is 27.4 Å². The SMILES string of the molecule is Cc1ccc(-n2nccn2)c(C(=O)N2CCC[C@H](C)[C@H]2CNc2ccc(C(F)(F)F)cn2)c1. The van der Waals surface area contributed by atoms with Crippen molar-refractivity contribution in [3.63, 3.8) is 0 Å². The fourth-order valence-electron chi connectivity index (χ4n) is 4.18. The van der Waals surface area contributed by atoms with E-state index in [1.54, 1.807) is 12.4 Å². The summed E-state index contributed by atoms with van der Waals surface area (Å²) in [6, 6.07) is 7.74. The first kappa shape index (κ1) is 22.8. The number of aromatic nitrogens is 4. The average Bonchev–Trinajstić information content (AvgIpc) is 3.32. The Hall–Kier alpha value is -3.43. The van der Waals surface area contributed by atoms with Gasteiger partial charge in [-0.2, -0.15) is 28.2 Å². The zero-order chi connectivity index (χ0) is 23.6. The van der Waals surface area contributed by atoms with Gasteiger partial charge < -0.3 is 10.2 Å². The van der Waals surface area contributed by atoms with Gasteiger partial charge in [0.2, 0.25) is 0 Å². The molecule has 7 nitrogen and oxygen atoms in total. The molecule has 4 rings (SSSR count). The summed E-state index contributed by atoms with van der Waals surface area (Å²) in [5.74, 6) is 0.427. The Bertz CT molecular complexity index is 1100. The average molecular weight is 458 g/mol. The van der Waals surface area contributed by atoms with Crippen molar-refractivity contribution in [3.05, 3.63) is 65.6 Å². The van der Waals surface area contributed by atoms with Crippen molar-refractivity contribution >= 4 is 11.7 Å². The molecule has 0 unspecified atom stereocenters. The topological polar surface area (TPSA) is 75.9 Å². The lowest BCUT2D eigenvalue weighted by Gasteiger charge is -2.40. The summed E-state index contributed by atoms with van der Waals surface area (Å²) in [5, 5.41) is 11.5. The number of nitrogens with zero attached hydrogens (tertiary/aromatic N) is 5. The van der Waals surface area contributed by atoms with Crippen LogP contribution in [0.25, 0.3) is 5.69 Å². The van der Waals surface area contributed by atoms with Gasteiger partial charge in [-0.25, -0.2) is 4.98 Å². The van der Waals surface area contributed by atoms with Gasteiger partial charge in [-0.1, -0.05) is 18.6 Å². The zero-order valence-corrected chi connectivity index (χ0v) is 18.4. The molecule has 174 valence electrons. The number of benzene rings is 1. The monoisotopic (exact) mass is 458 g/mol. The number of piperidine rings is 1. The Balaban J connectivity index is 1.55. The molecule has 1 amide bonds. The molecule has 3 heterocycles. The second-order valence-electron chi connectivity index (χ2n) is 8.34. The van der Waals surface area contributed by atoms with E-state index in [0.29, 0.717) is 30.2 Å². The summed E-state index contributed by atoms with van der Waals surface area (Å²) in [4.78, 5) is 20.8. The molecule has 0 radical (unpaired) electrons. The van der Waals surface area contributed by atoms with Crippen LogP contribution in [0.4, 0.5) is 19.0 Å². The van der Waals surface area contributed by atoms with E-state index in [4.69, 9.17) is 0 Å². The maximum atomic E-state index is 13.7. The van der Waals surface area contributed by atoms with Gasteiger partial charge in [-0.3, -0.25) is 4.79 Å². The Morgan fingerprint density at radius 3 is 2.61 bits per heavy atom. The van der Waals surface area contributed by atoms with Crippen LogP contribution in [0, 0.1) is 12.8 Å². The van der Waals surface area contributed by atoms with Crippen molar-refractivity contribution in [2.45, 2.75) is 38.9 Å². The molecule has 33 heavy (non-hydrogen) atoms. The van der Waals surface area contributed by atoms with E-state index in [-0.39, 0.29) is 17.9 Å². The molecule has 3 aromatic rings. The summed E-state index contributed by atoms with van der Waals surface area (Å²) in [6.07, 6.45) is 1.33. The Morgan fingerprint density at radius 2 is 1.94 bits per heavy atom. The van der Waals surface area contributed by atoms with Crippen LogP contribution in [0.1, 0.15) is 41.3 Å². The fraction of sp³-hybridized carbons (Fsp3) is 0.391. The van der Waals surface area contributed by atoms with E-state index in [1.165, 1.54) is 10.9 Å². The van der Waals surface area contributed by atoms with E-state index in [0.717, 1.165) is 30.7 Å². The van der Waals surface area contributed by atoms with Gasteiger partial charge in [0.05, 0.1) is 35.2 Å². The number of nitrogens with one attached hydrogen (secondary N) is 1. The standard InChI is InChI=1S/C23H25F3N6O/c1-15-5-7-19(32-29-9-10-30-32)18(12-15)22(33)31-11-3-4-16(2)20(31)14-28-21-8-6-17(13-27-21)23(24,25)26/h5-10,12-13,16,20H,3-4,11,14H2,1-2H3,(H,27,28)/t16-,20+/m0/s1. The minimum Gasteiger partial charge on any atom is -0.368 e. The first-order valence-corrected chi connectivity index (χ1v) is 10.8. The van der Waals surface area contributed by atoms with Crippen molar-refractivity contribution in [1.29, 1.82) is 0 Å². The van der Waals surface area contributed by atoms with Gasteiger partial charge in [-0.05, 0) is 49.9 Å². The highest BCUT2D eigenvalue weighted by Gasteiger charge is 2.34. The molecular formula is C23H25F3N6O. The zero-order valence-electron chi connectivity index (χ0n) is 18.4. The Kier molecular flexibility index (Phi) is 6.35. The molecule has 10 heteroatoms. The van der Waals surface area contributed by atoms with Crippen molar-refractivity contribution in [2.75, 3.05) is 18.4 Å². The predicted molar refractivity (Wildman–Crippen MR) is 117 cm³/mol. The maximum Gasteiger partial charge on any atom is 0.417 e. The molecule has 1 aliphatic heterocycles. The van der Waals surface area contributed by atoms with Crippen LogP contribution >= 0.6 is 0 Å². The van der Waals surface area contributed by atoms with Gasteiger partial charge in [0, 0.05) is 19.3 Å². The number of hydrogen-bond donors (Lipinski definition) is 1. The Labute approximate surface area is 189 Å². The number of alkyl halides is 3. The quantitative estimate of drug-likeness (QED) is 0.616. The molecular weight excluding hydrogens is 433 g/mol. The van der Waals surface area contributed by atoms with E-state index in [1.807, 2.05) is 30.0 Å². The fourth-order valence-corrected chi connectivity index (χ4v) is 4.18. The Morgan fingerprint density at radius 1 is 1.18 bits per heavy atom. The van der Waals surface area contributed by atoms with E-state index in [9.17, 15) is 18.0 Å². The lowest BCUT2D eigenvalue weighted by atomic mass is 9.89. The molecule has 0 spiro atoms. The highest BCUT2D eigenvalue weighted by atomic mass is 19.4. The summed E-state index contributed by atoms with van der Waals surface area (Å²) in [7, 11) is 0. The van der Waals surface area contributed by atoms with Crippen LogP contribution in [0.15, 0.2) is 48.9 Å². The lowest BCUT2D eigenvalue weighted by Crippen LogP contribution is -2.51. The second kappa shape index (κ2) is 9.21. The number of rotatable bonds is 5. The number of likely N-dealkylation sites (tertiary alicyclic amines) is 1. The summed E-state index contributed by atoms with van der Waals surface area (Å²) in [5.41, 5.74) is 1.26. The van der Waals surface area contributed by atoms with Crippen LogP contribution in [0.2, 0.25) is 0 Å². The minimum atomic E-state index is -4.43. The molecule has 1 fully saturated rings. The van der Waals surface area contributed by atoms with Crippen LogP contribution in [-0.2, 0) is 6.18 Å². The second-order valence-corrected chi connectivity index (χ2v) is 8.34. The van der Waals surface area contributed by atoms with Crippen molar-refractivity contribution < 1.29 is 18.0 Å². The summed E-state index contributed by atoms with van der Waals surface area (Å²) >= 11 is 0. The first-order valence-electron chi connectivity index (χ1n) is 10.8. The maximum absolute atomic E-state index is 13.7. The number of halogens is 3. The van der Waals surface area contributed by atoms with E-state index < -0.39 is 11.7 Å². The van der Waals surface area contributed by atoms with Gasteiger partial charge >= 0.3 is 6.18 Å². The molecule has 0 bridgehead atoms. The molecule has 1 N–H and O–H groups in total. The van der Waals surface area contributed by atoms with Crippen LogP contribution in [-0.4, -0.2) is 49.9 Å². The van der Waals surface area contributed by atoms with Crippen LogP contribution in [0.3, 0.4) is 0 Å². The number of anilines is 1. The largest absolute Gasteiger partial charge is 0.417 e. The lowest BCUT2D eigenvalue weighted by molar-refractivity contribution is -0.137. The van der Waals surface area contributed by atoms with Crippen LogP contribution in [0.5, 0.6) is 0 Å². The molecule has 2 atom stereocenters. The normalized spacial score (nSPS) is 18.9. The minimum absolute atomic E-state index is 0.121. The predicted octanol–water partition coefficient (Wildman–Crippen LogP) is 4.34. The third kappa shape index (κ3) is 4.99. The molecule has 2 aromatic heterocycles. The summed E-state index contributed by atoms with van der Waals surface area (Å²) < 4.78 is 38.4. The number of pyridine rings is 1. The third-order valence-electron chi connectivity index (χ3n) is 5.98. The highest BCUT2D eigenvalue weighted by molar-refractivity contribution is 5.98. The smallest absolute Gasteiger partial charge is 0.368 e. The van der Waals surface area contributed by atoms with E-state index >= 15 is 0 Å².